The molecule has 0 radical (unpaired) electrons. The summed E-state index contributed by atoms with van der Waals surface area (Å²) in [6, 6.07) is 13.6. The Morgan fingerprint density at radius 1 is 1.09 bits per heavy atom. The Morgan fingerprint density at radius 2 is 1.82 bits per heavy atom. The van der Waals surface area contributed by atoms with Gasteiger partial charge in [-0.2, -0.15) is 0 Å². The lowest BCUT2D eigenvalue weighted by Crippen LogP contribution is -2.45. The summed E-state index contributed by atoms with van der Waals surface area (Å²) in [5.41, 5.74) is 2.92. The second kappa shape index (κ2) is 8.31. The van der Waals surface area contributed by atoms with Crippen LogP contribution >= 0.6 is 11.6 Å². The van der Waals surface area contributed by atoms with Gasteiger partial charge in [-0.1, -0.05) is 55.3 Å². The number of benzene rings is 2. The average Bonchev–Trinajstić information content (AvgIpc) is 3.03. The van der Waals surface area contributed by atoms with Crippen molar-refractivity contribution in [3.8, 4) is 5.75 Å². The first-order chi connectivity index (χ1) is 15.8. The third-order valence-electron chi connectivity index (χ3n) is 7.19. The van der Waals surface area contributed by atoms with Gasteiger partial charge in [0, 0.05) is 5.02 Å². The number of halogens is 1. The molecule has 2 aromatic rings. The zero-order chi connectivity index (χ0) is 23.4. The van der Waals surface area contributed by atoms with Gasteiger partial charge in [0.2, 0.25) is 11.8 Å². The van der Waals surface area contributed by atoms with Crippen LogP contribution in [0.3, 0.4) is 0 Å². The maximum atomic E-state index is 13.6. The normalized spacial score (nSPS) is 27.3. The number of imide groups is 1. The second-order valence-corrected chi connectivity index (χ2v) is 9.75. The van der Waals surface area contributed by atoms with Crippen LogP contribution in [0.15, 0.2) is 59.6 Å². The Balaban J connectivity index is 1.57. The fraction of sp³-hybridized carbons (Fsp3) is 0.360. The minimum Gasteiger partial charge on any atom is -0.508 e. The van der Waals surface area contributed by atoms with Crippen LogP contribution in [0.1, 0.15) is 38.4 Å². The molecule has 33 heavy (non-hydrogen) atoms. The van der Waals surface area contributed by atoms with Crippen LogP contribution in [0.25, 0.3) is 0 Å². The molecule has 4 atom stereocenters. The van der Waals surface area contributed by atoms with E-state index in [-0.39, 0.29) is 29.4 Å². The number of nitrogens with zero attached hydrogens (tertiary/aromatic N) is 1. The number of carbonyl (C=O) groups excluding carboxylic acids is 2. The fourth-order valence-corrected chi connectivity index (χ4v) is 6.01. The van der Waals surface area contributed by atoms with E-state index in [0.29, 0.717) is 29.1 Å². The van der Waals surface area contributed by atoms with Crippen molar-refractivity contribution in [2.24, 2.45) is 23.7 Å². The van der Waals surface area contributed by atoms with Gasteiger partial charge in [0.05, 0.1) is 23.6 Å². The minimum absolute atomic E-state index is 0.0376. The van der Waals surface area contributed by atoms with Crippen molar-refractivity contribution in [2.75, 3.05) is 4.90 Å². The summed E-state index contributed by atoms with van der Waals surface area (Å²) in [5, 5.41) is 21.1. The minimum atomic E-state index is -1.19. The largest absolute Gasteiger partial charge is 0.508 e. The lowest BCUT2D eigenvalue weighted by atomic mass is 9.54. The second-order valence-electron chi connectivity index (χ2n) is 9.34. The van der Waals surface area contributed by atoms with Gasteiger partial charge in [-0.05, 0) is 60.0 Å². The molecule has 2 heterocycles. The Bertz CT molecular complexity index is 1150. The van der Waals surface area contributed by atoms with Crippen LogP contribution in [-0.4, -0.2) is 29.1 Å². The summed E-state index contributed by atoms with van der Waals surface area (Å²) in [6.07, 6.45) is 0.283. The molecule has 2 aromatic carbocycles. The highest BCUT2D eigenvalue weighted by molar-refractivity contribution is 6.53. The molecular weight excluding hydrogens is 441 g/mol. The molecule has 0 bridgehead atoms. The highest BCUT2D eigenvalue weighted by Gasteiger charge is 2.58. The maximum Gasteiger partial charge on any atom is 0.487 e. The van der Waals surface area contributed by atoms with E-state index in [1.807, 2.05) is 32.0 Å². The lowest BCUT2D eigenvalue weighted by Gasteiger charge is -2.43. The number of phenolic OH excluding ortho intramolecular Hbond substituents is 1. The van der Waals surface area contributed by atoms with Crippen molar-refractivity contribution in [3.05, 3.63) is 70.2 Å². The Hall–Kier alpha value is -2.61. The van der Waals surface area contributed by atoms with Crippen molar-refractivity contribution in [3.63, 3.8) is 0 Å². The van der Waals surface area contributed by atoms with Crippen LogP contribution in [0.5, 0.6) is 5.75 Å². The molecule has 3 aliphatic rings. The average molecular weight is 466 g/mol. The number of para-hydroxylation sites is 1. The zero-order valence-electron chi connectivity index (χ0n) is 18.4. The van der Waals surface area contributed by atoms with Crippen LogP contribution in [0, 0.1) is 23.7 Å². The van der Waals surface area contributed by atoms with Gasteiger partial charge in [0.15, 0.2) is 0 Å². The summed E-state index contributed by atoms with van der Waals surface area (Å²) in [5.74, 6) is -1.65. The molecule has 2 aliphatic heterocycles. The molecule has 2 saturated heterocycles. The van der Waals surface area contributed by atoms with Crippen LogP contribution < -0.4 is 4.90 Å². The van der Waals surface area contributed by atoms with Gasteiger partial charge < -0.3 is 14.8 Å². The van der Waals surface area contributed by atoms with Gasteiger partial charge in [0.1, 0.15) is 5.75 Å². The highest BCUT2D eigenvalue weighted by Crippen LogP contribution is 2.53. The molecule has 5 rings (SSSR count). The Morgan fingerprint density at radius 3 is 2.48 bits per heavy atom. The van der Waals surface area contributed by atoms with Crippen molar-refractivity contribution < 1.29 is 24.4 Å². The molecular formula is C25H25BClNO5. The first kappa shape index (κ1) is 22.2. The lowest BCUT2D eigenvalue weighted by molar-refractivity contribution is -0.123. The summed E-state index contributed by atoms with van der Waals surface area (Å²) < 4.78 is 5.99. The summed E-state index contributed by atoms with van der Waals surface area (Å²) in [6.45, 7) is 4.07. The quantitative estimate of drug-likeness (QED) is 0.521. The van der Waals surface area contributed by atoms with E-state index in [0.717, 1.165) is 11.0 Å². The van der Waals surface area contributed by atoms with Crippen molar-refractivity contribution in [1.29, 1.82) is 0 Å². The molecule has 0 aromatic heterocycles. The molecule has 0 unspecified atom stereocenters. The smallest absolute Gasteiger partial charge is 0.487 e. The van der Waals surface area contributed by atoms with E-state index >= 15 is 0 Å². The number of carbonyl (C=O) groups is 2. The van der Waals surface area contributed by atoms with E-state index in [9.17, 15) is 19.7 Å². The van der Waals surface area contributed by atoms with Gasteiger partial charge in [-0.3, -0.25) is 14.5 Å². The van der Waals surface area contributed by atoms with Crippen LogP contribution in [0.4, 0.5) is 5.69 Å². The molecule has 170 valence electrons. The molecule has 8 heteroatoms. The SMILES string of the molecule is CC(C)C1=C2B(O)O[C@H](c3ccc(O)cc3Cl)C[C@H]2[C@H]2C(=O)N(c3ccccc3)C(=O)[C@H]2C1. The summed E-state index contributed by atoms with van der Waals surface area (Å²) in [4.78, 5) is 28.4. The highest BCUT2D eigenvalue weighted by atomic mass is 35.5. The Labute approximate surface area is 198 Å². The summed E-state index contributed by atoms with van der Waals surface area (Å²) in [7, 11) is -1.19. The van der Waals surface area contributed by atoms with E-state index in [1.54, 1.807) is 18.2 Å². The number of allylic oxidation sites excluding steroid dienone is 2. The number of fused-ring (bicyclic) bond motifs is 3. The standard InChI is InChI=1S/C25H25BClNO5/c1-13(2)17-11-19-22(25(31)28(24(19)30)14-6-4-3-5-7-14)18-12-21(33-26(32)23(17)18)16-9-8-15(29)10-20(16)27/h3-10,13,18-19,21-22,29,32H,11-12H2,1-2H3/t18-,19-,21-,22+/m0/s1. The van der Waals surface area contributed by atoms with Crippen LogP contribution in [0.2, 0.25) is 5.02 Å². The number of aromatic hydroxyl groups is 1. The molecule has 0 saturated carbocycles. The van der Waals surface area contributed by atoms with Crippen molar-refractivity contribution in [1.82, 2.24) is 0 Å². The predicted molar refractivity (Wildman–Crippen MR) is 125 cm³/mol. The zero-order valence-corrected chi connectivity index (χ0v) is 19.2. The molecule has 0 spiro atoms. The fourth-order valence-electron chi connectivity index (χ4n) is 5.71. The topological polar surface area (TPSA) is 87.1 Å². The van der Waals surface area contributed by atoms with E-state index in [4.69, 9.17) is 16.3 Å². The summed E-state index contributed by atoms with van der Waals surface area (Å²) >= 11 is 6.37. The number of anilines is 1. The van der Waals surface area contributed by atoms with Gasteiger partial charge in [0.25, 0.3) is 0 Å². The van der Waals surface area contributed by atoms with Gasteiger partial charge >= 0.3 is 7.12 Å². The monoisotopic (exact) mass is 465 g/mol. The number of hydrogen-bond donors (Lipinski definition) is 2. The third-order valence-corrected chi connectivity index (χ3v) is 7.52. The van der Waals surface area contributed by atoms with Crippen molar-refractivity contribution in [2.45, 2.75) is 32.8 Å². The number of hydrogen-bond acceptors (Lipinski definition) is 5. The van der Waals surface area contributed by atoms with E-state index < -0.39 is 25.1 Å². The Kier molecular flexibility index (Phi) is 5.59. The van der Waals surface area contributed by atoms with E-state index in [1.165, 1.54) is 17.0 Å². The first-order valence-electron chi connectivity index (χ1n) is 11.3. The van der Waals surface area contributed by atoms with Gasteiger partial charge in [-0.15, -0.1) is 0 Å². The predicted octanol–water partition coefficient (Wildman–Crippen LogP) is 4.31. The molecule has 1 aliphatic carbocycles. The molecule has 2 fully saturated rings. The maximum absolute atomic E-state index is 13.6. The third kappa shape index (κ3) is 3.59. The number of amides is 2. The van der Waals surface area contributed by atoms with E-state index in [2.05, 4.69) is 0 Å². The molecule has 2 amide bonds. The van der Waals surface area contributed by atoms with Gasteiger partial charge in [-0.25, -0.2) is 0 Å². The first-order valence-corrected chi connectivity index (χ1v) is 11.6. The molecule has 6 nitrogen and oxygen atoms in total. The number of rotatable bonds is 3. The molecule has 2 N–H and O–H groups in total. The van der Waals surface area contributed by atoms with Crippen LogP contribution in [-0.2, 0) is 14.2 Å². The number of phenols is 1. The van der Waals surface area contributed by atoms with Crippen molar-refractivity contribution >= 4 is 36.2 Å².